The molecule has 0 aliphatic carbocycles. The topological polar surface area (TPSA) is 23.8 Å². The Labute approximate surface area is 104 Å². The molecule has 0 saturated carbocycles. The molecule has 0 amide bonds. The van der Waals surface area contributed by atoms with E-state index in [0.29, 0.717) is 11.1 Å². The zero-order valence-corrected chi connectivity index (χ0v) is 9.61. The summed E-state index contributed by atoms with van der Waals surface area (Å²) in [5.41, 5.74) is 1.04. The molecule has 2 rings (SSSR count). The van der Waals surface area contributed by atoms with Crippen LogP contribution in [0.25, 0.3) is 0 Å². The summed E-state index contributed by atoms with van der Waals surface area (Å²) in [6.07, 6.45) is 0.243. The van der Waals surface area contributed by atoms with Crippen LogP contribution in [-0.4, -0.2) is 0 Å². The van der Waals surface area contributed by atoms with Gasteiger partial charge in [-0.3, -0.25) is 0 Å². The average Bonchev–Trinajstić information content (AvgIpc) is 2.38. The van der Waals surface area contributed by atoms with E-state index in [1.54, 1.807) is 30.3 Å². The van der Waals surface area contributed by atoms with E-state index in [9.17, 15) is 8.78 Å². The van der Waals surface area contributed by atoms with Crippen molar-refractivity contribution in [2.75, 3.05) is 0 Å². The molecule has 0 aromatic heterocycles. The highest BCUT2D eigenvalue weighted by Gasteiger charge is 2.14. The highest BCUT2D eigenvalue weighted by Crippen LogP contribution is 2.22. The third kappa shape index (κ3) is 2.72. The zero-order chi connectivity index (χ0) is 13.0. The maximum Gasteiger partial charge on any atom is 0.126 e. The monoisotopic (exact) mass is 243 g/mol. The van der Waals surface area contributed by atoms with Gasteiger partial charge < -0.3 is 0 Å². The lowest BCUT2D eigenvalue weighted by Crippen LogP contribution is -2.02. The second kappa shape index (κ2) is 5.42. The molecule has 90 valence electrons. The first-order chi connectivity index (χ1) is 8.70. The third-order valence-electron chi connectivity index (χ3n) is 2.79. The molecule has 18 heavy (non-hydrogen) atoms. The fraction of sp³-hybridized carbons (Fsp3) is 0.133. The number of benzene rings is 2. The number of hydrogen-bond acceptors (Lipinski definition) is 1. The van der Waals surface area contributed by atoms with Crippen LogP contribution in [0.4, 0.5) is 8.78 Å². The smallest absolute Gasteiger partial charge is 0.126 e. The Hall–Kier alpha value is -2.21. The Morgan fingerprint density at radius 3 is 2.50 bits per heavy atom. The molecule has 0 heterocycles. The molecular formula is C15H11F2N. The van der Waals surface area contributed by atoms with Crippen molar-refractivity contribution in [3.8, 4) is 6.07 Å². The molecular weight excluding hydrogens is 232 g/mol. The molecule has 0 aliphatic heterocycles. The van der Waals surface area contributed by atoms with E-state index in [0.717, 1.165) is 0 Å². The van der Waals surface area contributed by atoms with Crippen LogP contribution in [-0.2, 0) is 6.42 Å². The first-order valence-corrected chi connectivity index (χ1v) is 5.59. The fourth-order valence-electron chi connectivity index (χ4n) is 1.85. The minimum Gasteiger partial charge on any atom is -0.207 e. The molecule has 0 saturated heterocycles. The van der Waals surface area contributed by atoms with Crippen LogP contribution in [0.15, 0.2) is 48.5 Å². The van der Waals surface area contributed by atoms with Crippen molar-refractivity contribution >= 4 is 0 Å². The van der Waals surface area contributed by atoms with Crippen molar-refractivity contribution in [2.24, 2.45) is 0 Å². The summed E-state index contributed by atoms with van der Waals surface area (Å²) in [6.45, 7) is 0. The Morgan fingerprint density at radius 1 is 1.06 bits per heavy atom. The van der Waals surface area contributed by atoms with Crippen molar-refractivity contribution in [1.82, 2.24) is 0 Å². The Bertz CT molecular complexity index is 587. The average molecular weight is 243 g/mol. The first kappa shape index (κ1) is 12.3. The van der Waals surface area contributed by atoms with Crippen molar-refractivity contribution in [3.05, 3.63) is 71.3 Å². The van der Waals surface area contributed by atoms with Crippen molar-refractivity contribution in [1.29, 1.82) is 5.26 Å². The van der Waals surface area contributed by atoms with E-state index in [-0.39, 0.29) is 18.1 Å². The largest absolute Gasteiger partial charge is 0.207 e. The van der Waals surface area contributed by atoms with Crippen LogP contribution >= 0.6 is 0 Å². The molecule has 0 radical (unpaired) electrons. The molecule has 0 bridgehead atoms. The van der Waals surface area contributed by atoms with E-state index in [1.807, 2.05) is 0 Å². The molecule has 2 aromatic rings. The maximum atomic E-state index is 13.5. The van der Waals surface area contributed by atoms with Gasteiger partial charge in [-0.2, -0.15) is 5.26 Å². The molecule has 0 fully saturated rings. The van der Waals surface area contributed by atoms with Crippen LogP contribution in [0.5, 0.6) is 0 Å². The van der Waals surface area contributed by atoms with Gasteiger partial charge in [0.2, 0.25) is 0 Å². The minimum absolute atomic E-state index is 0.243. The first-order valence-electron chi connectivity index (χ1n) is 5.59. The summed E-state index contributed by atoms with van der Waals surface area (Å²) in [5, 5.41) is 9.13. The molecule has 3 heteroatoms. The van der Waals surface area contributed by atoms with Crippen LogP contribution < -0.4 is 0 Å². The van der Waals surface area contributed by atoms with Gasteiger partial charge in [-0.05, 0) is 35.7 Å². The highest BCUT2D eigenvalue weighted by atomic mass is 19.1. The Kier molecular flexibility index (Phi) is 3.69. The molecule has 0 spiro atoms. The second-order valence-corrected chi connectivity index (χ2v) is 4.03. The summed E-state index contributed by atoms with van der Waals surface area (Å²) in [6, 6.07) is 14.3. The van der Waals surface area contributed by atoms with Crippen LogP contribution in [0.3, 0.4) is 0 Å². The SMILES string of the molecule is N#CC(Cc1ccccc1F)c1cccc(F)c1. The van der Waals surface area contributed by atoms with Crippen LogP contribution in [0.1, 0.15) is 17.0 Å². The van der Waals surface area contributed by atoms with Gasteiger partial charge in [-0.1, -0.05) is 30.3 Å². The molecule has 1 unspecified atom stereocenters. The number of rotatable bonds is 3. The van der Waals surface area contributed by atoms with Gasteiger partial charge in [0.05, 0.1) is 12.0 Å². The quantitative estimate of drug-likeness (QED) is 0.804. The number of nitriles is 1. The minimum atomic E-state index is -0.544. The van der Waals surface area contributed by atoms with Gasteiger partial charge in [-0.25, -0.2) is 8.78 Å². The third-order valence-corrected chi connectivity index (χ3v) is 2.79. The lowest BCUT2D eigenvalue weighted by molar-refractivity contribution is 0.602. The normalized spacial score (nSPS) is 11.8. The molecule has 2 aromatic carbocycles. The molecule has 1 nitrogen and oxygen atoms in total. The van der Waals surface area contributed by atoms with Gasteiger partial charge >= 0.3 is 0 Å². The number of nitrogens with zero attached hydrogens (tertiary/aromatic N) is 1. The Morgan fingerprint density at radius 2 is 1.83 bits per heavy atom. The van der Waals surface area contributed by atoms with Gasteiger partial charge in [0.15, 0.2) is 0 Å². The summed E-state index contributed by atoms with van der Waals surface area (Å²) >= 11 is 0. The van der Waals surface area contributed by atoms with Gasteiger partial charge in [0, 0.05) is 0 Å². The van der Waals surface area contributed by atoms with Crippen LogP contribution in [0.2, 0.25) is 0 Å². The maximum absolute atomic E-state index is 13.5. The van der Waals surface area contributed by atoms with E-state index in [1.165, 1.54) is 18.2 Å². The number of hydrogen-bond donors (Lipinski definition) is 0. The standard InChI is InChI=1S/C15H11F2N/c16-14-6-3-5-11(9-14)13(10-18)8-12-4-1-2-7-15(12)17/h1-7,9,13H,8H2. The van der Waals surface area contributed by atoms with Gasteiger partial charge in [-0.15, -0.1) is 0 Å². The van der Waals surface area contributed by atoms with Crippen molar-refractivity contribution in [3.63, 3.8) is 0 Å². The summed E-state index contributed by atoms with van der Waals surface area (Å²) in [4.78, 5) is 0. The van der Waals surface area contributed by atoms with Gasteiger partial charge in [0.1, 0.15) is 11.6 Å². The van der Waals surface area contributed by atoms with Crippen LogP contribution in [0, 0.1) is 23.0 Å². The lowest BCUT2D eigenvalue weighted by Gasteiger charge is -2.10. The molecule has 0 aliphatic rings. The van der Waals surface area contributed by atoms with E-state index < -0.39 is 5.92 Å². The lowest BCUT2D eigenvalue weighted by atomic mass is 9.93. The fourth-order valence-corrected chi connectivity index (χ4v) is 1.85. The summed E-state index contributed by atoms with van der Waals surface area (Å²) in [5.74, 6) is -1.27. The van der Waals surface area contributed by atoms with E-state index >= 15 is 0 Å². The summed E-state index contributed by atoms with van der Waals surface area (Å²) < 4.78 is 26.6. The highest BCUT2D eigenvalue weighted by molar-refractivity contribution is 5.29. The van der Waals surface area contributed by atoms with E-state index in [4.69, 9.17) is 5.26 Å². The van der Waals surface area contributed by atoms with Crippen molar-refractivity contribution < 1.29 is 8.78 Å². The molecule has 1 atom stereocenters. The van der Waals surface area contributed by atoms with E-state index in [2.05, 4.69) is 6.07 Å². The number of halogens is 2. The van der Waals surface area contributed by atoms with Crippen molar-refractivity contribution in [2.45, 2.75) is 12.3 Å². The Balaban J connectivity index is 2.26. The molecule has 0 N–H and O–H groups in total. The van der Waals surface area contributed by atoms with Gasteiger partial charge in [0.25, 0.3) is 0 Å². The zero-order valence-electron chi connectivity index (χ0n) is 9.61. The predicted octanol–water partition coefficient (Wildman–Crippen LogP) is 3.81. The predicted molar refractivity (Wildman–Crippen MR) is 64.9 cm³/mol. The summed E-state index contributed by atoms with van der Waals surface area (Å²) in [7, 11) is 0. The second-order valence-electron chi connectivity index (χ2n) is 4.03.